The second-order valence-electron chi connectivity index (χ2n) is 6.63. The molecule has 0 bridgehead atoms. The van der Waals surface area contributed by atoms with Gasteiger partial charge >= 0.3 is 0 Å². The molecule has 2 N–H and O–H groups in total. The Balaban J connectivity index is 1.55. The molecule has 0 aliphatic carbocycles. The number of rotatable bonds is 6. The van der Waals surface area contributed by atoms with Crippen molar-refractivity contribution in [1.29, 1.82) is 0 Å². The molecule has 0 saturated carbocycles. The molecule has 1 aliphatic heterocycles. The first-order valence-corrected chi connectivity index (χ1v) is 8.88. The summed E-state index contributed by atoms with van der Waals surface area (Å²) in [5.74, 6) is 0.196. The third kappa shape index (κ3) is 4.24. The molecule has 3 rings (SSSR count). The standard InChI is InChI=1S/C21H26N2O/c22-20(18-10-5-2-6-11-18)16-21(24)23-15-7-12-19(23)14-13-17-8-3-1-4-9-17/h1-6,8-11,19-20H,7,12-16,22H2. The maximum atomic E-state index is 12.7. The van der Waals surface area contributed by atoms with Gasteiger partial charge in [-0.3, -0.25) is 4.79 Å². The van der Waals surface area contributed by atoms with Crippen LogP contribution >= 0.6 is 0 Å². The predicted molar refractivity (Wildman–Crippen MR) is 97.5 cm³/mol. The summed E-state index contributed by atoms with van der Waals surface area (Å²) in [7, 11) is 0. The van der Waals surface area contributed by atoms with E-state index < -0.39 is 0 Å². The number of amides is 1. The Hall–Kier alpha value is -2.13. The number of nitrogens with two attached hydrogens (primary N) is 1. The first-order chi connectivity index (χ1) is 11.7. The molecule has 3 nitrogen and oxygen atoms in total. The maximum absolute atomic E-state index is 12.7. The number of hydrogen-bond donors (Lipinski definition) is 1. The number of aryl methyl sites for hydroxylation is 1. The number of likely N-dealkylation sites (tertiary alicyclic amines) is 1. The summed E-state index contributed by atoms with van der Waals surface area (Å²) in [5, 5.41) is 0. The zero-order valence-electron chi connectivity index (χ0n) is 14.1. The Morgan fingerprint density at radius 1 is 1.08 bits per heavy atom. The lowest BCUT2D eigenvalue weighted by atomic mass is 10.0. The summed E-state index contributed by atoms with van der Waals surface area (Å²) in [5.41, 5.74) is 8.60. The van der Waals surface area contributed by atoms with Crippen LogP contribution in [0.25, 0.3) is 0 Å². The zero-order valence-corrected chi connectivity index (χ0v) is 14.1. The van der Waals surface area contributed by atoms with Gasteiger partial charge in [0.05, 0.1) is 0 Å². The minimum absolute atomic E-state index is 0.196. The summed E-state index contributed by atoms with van der Waals surface area (Å²) in [6, 6.07) is 20.6. The van der Waals surface area contributed by atoms with Crippen molar-refractivity contribution >= 4 is 5.91 Å². The van der Waals surface area contributed by atoms with Crippen molar-refractivity contribution in [2.45, 2.75) is 44.2 Å². The lowest BCUT2D eigenvalue weighted by molar-refractivity contribution is -0.132. The van der Waals surface area contributed by atoms with E-state index in [1.165, 1.54) is 5.56 Å². The van der Waals surface area contributed by atoms with Gasteiger partial charge in [0.15, 0.2) is 0 Å². The van der Waals surface area contributed by atoms with Crippen molar-refractivity contribution in [2.24, 2.45) is 5.73 Å². The van der Waals surface area contributed by atoms with Gasteiger partial charge in [0.25, 0.3) is 0 Å². The van der Waals surface area contributed by atoms with Crippen LogP contribution in [0.15, 0.2) is 60.7 Å². The number of carbonyl (C=O) groups is 1. The summed E-state index contributed by atoms with van der Waals surface area (Å²) < 4.78 is 0. The summed E-state index contributed by atoms with van der Waals surface area (Å²) in [6.07, 6.45) is 4.67. The molecule has 2 atom stereocenters. The van der Waals surface area contributed by atoms with Crippen molar-refractivity contribution in [3.05, 3.63) is 71.8 Å². The fraction of sp³-hybridized carbons (Fsp3) is 0.381. The third-order valence-corrected chi connectivity index (χ3v) is 4.93. The second kappa shape index (κ2) is 8.11. The van der Waals surface area contributed by atoms with E-state index in [1.807, 2.05) is 36.4 Å². The molecule has 1 amide bonds. The van der Waals surface area contributed by atoms with Crippen molar-refractivity contribution in [1.82, 2.24) is 4.90 Å². The number of hydrogen-bond acceptors (Lipinski definition) is 2. The average Bonchev–Trinajstić information content (AvgIpc) is 3.10. The summed E-state index contributed by atoms with van der Waals surface area (Å²) >= 11 is 0. The van der Waals surface area contributed by atoms with Crippen LogP contribution in [0.2, 0.25) is 0 Å². The number of nitrogens with zero attached hydrogens (tertiary/aromatic N) is 1. The fourth-order valence-electron chi connectivity index (χ4n) is 3.57. The molecule has 1 saturated heterocycles. The number of benzene rings is 2. The highest BCUT2D eigenvalue weighted by Gasteiger charge is 2.29. The van der Waals surface area contributed by atoms with Gasteiger partial charge in [-0.05, 0) is 36.8 Å². The van der Waals surface area contributed by atoms with Gasteiger partial charge in [0.1, 0.15) is 0 Å². The highest BCUT2D eigenvalue weighted by Crippen LogP contribution is 2.24. The van der Waals surface area contributed by atoms with Crippen LogP contribution in [0, 0.1) is 0 Å². The smallest absolute Gasteiger partial charge is 0.224 e. The van der Waals surface area contributed by atoms with E-state index in [0.29, 0.717) is 12.5 Å². The first kappa shape index (κ1) is 16.7. The largest absolute Gasteiger partial charge is 0.340 e. The van der Waals surface area contributed by atoms with Crippen LogP contribution in [0.3, 0.4) is 0 Å². The van der Waals surface area contributed by atoms with Gasteiger partial charge in [0, 0.05) is 25.0 Å². The Morgan fingerprint density at radius 3 is 2.46 bits per heavy atom. The van der Waals surface area contributed by atoms with E-state index in [4.69, 9.17) is 5.73 Å². The van der Waals surface area contributed by atoms with Crippen LogP contribution in [-0.2, 0) is 11.2 Å². The van der Waals surface area contributed by atoms with Crippen molar-refractivity contribution in [3.63, 3.8) is 0 Å². The number of carbonyl (C=O) groups excluding carboxylic acids is 1. The fourth-order valence-corrected chi connectivity index (χ4v) is 3.57. The zero-order chi connectivity index (χ0) is 16.8. The summed E-state index contributed by atoms with van der Waals surface area (Å²) in [6.45, 7) is 0.875. The molecule has 0 radical (unpaired) electrons. The highest BCUT2D eigenvalue weighted by molar-refractivity contribution is 5.77. The van der Waals surface area contributed by atoms with Crippen LogP contribution in [0.5, 0.6) is 0 Å². The predicted octanol–water partition coefficient (Wildman–Crippen LogP) is 3.70. The molecule has 2 unspecified atom stereocenters. The molecule has 3 heteroatoms. The monoisotopic (exact) mass is 322 g/mol. The highest BCUT2D eigenvalue weighted by atomic mass is 16.2. The van der Waals surface area contributed by atoms with E-state index in [1.54, 1.807) is 0 Å². The average molecular weight is 322 g/mol. The molecular weight excluding hydrogens is 296 g/mol. The van der Waals surface area contributed by atoms with Gasteiger partial charge in [-0.25, -0.2) is 0 Å². The van der Waals surface area contributed by atoms with Crippen LogP contribution < -0.4 is 5.73 Å². The second-order valence-corrected chi connectivity index (χ2v) is 6.63. The molecule has 2 aromatic carbocycles. The van der Waals surface area contributed by atoms with E-state index in [9.17, 15) is 4.79 Å². The van der Waals surface area contributed by atoms with E-state index in [0.717, 1.165) is 37.8 Å². The van der Waals surface area contributed by atoms with Crippen LogP contribution in [0.4, 0.5) is 0 Å². The van der Waals surface area contributed by atoms with Gasteiger partial charge in [0.2, 0.25) is 5.91 Å². The SMILES string of the molecule is NC(CC(=O)N1CCCC1CCc1ccccc1)c1ccccc1. The van der Waals surface area contributed by atoms with Gasteiger partial charge in [-0.2, -0.15) is 0 Å². The van der Waals surface area contributed by atoms with Gasteiger partial charge in [-0.15, -0.1) is 0 Å². The lowest BCUT2D eigenvalue weighted by Gasteiger charge is -2.26. The van der Waals surface area contributed by atoms with Crippen molar-refractivity contribution in [2.75, 3.05) is 6.54 Å². The topological polar surface area (TPSA) is 46.3 Å². The molecule has 1 aliphatic rings. The van der Waals surface area contributed by atoms with Gasteiger partial charge in [-0.1, -0.05) is 60.7 Å². The Morgan fingerprint density at radius 2 is 1.75 bits per heavy atom. The van der Waals surface area contributed by atoms with Crippen LogP contribution in [-0.4, -0.2) is 23.4 Å². The molecule has 24 heavy (non-hydrogen) atoms. The van der Waals surface area contributed by atoms with Gasteiger partial charge < -0.3 is 10.6 Å². The Labute approximate surface area is 144 Å². The lowest BCUT2D eigenvalue weighted by Crippen LogP contribution is -2.37. The quantitative estimate of drug-likeness (QED) is 0.881. The normalized spacial score (nSPS) is 18.5. The molecule has 1 fully saturated rings. The maximum Gasteiger partial charge on any atom is 0.224 e. The molecule has 2 aromatic rings. The van der Waals surface area contributed by atoms with E-state index >= 15 is 0 Å². The Kier molecular flexibility index (Phi) is 5.65. The van der Waals surface area contributed by atoms with E-state index in [2.05, 4.69) is 29.2 Å². The molecular formula is C21H26N2O. The van der Waals surface area contributed by atoms with E-state index in [-0.39, 0.29) is 11.9 Å². The summed E-state index contributed by atoms with van der Waals surface area (Å²) in [4.78, 5) is 14.8. The third-order valence-electron chi connectivity index (χ3n) is 4.93. The minimum atomic E-state index is -0.214. The molecule has 0 aromatic heterocycles. The molecule has 1 heterocycles. The molecule has 0 spiro atoms. The van der Waals surface area contributed by atoms with Crippen LogP contribution in [0.1, 0.15) is 42.9 Å². The first-order valence-electron chi connectivity index (χ1n) is 8.88. The van der Waals surface area contributed by atoms with Crippen molar-refractivity contribution in [3.8, 4) is 0 Å². The minimum Gasteiger partial charge on any atom is -0.340 e. The van der Waals surface area contributed by atoms with Crippen molar-refractivity contribution < 1.29 is 4.79 Å². The Bertz CT molecular complexity index is 641. The molecule has 126 valence electrons.